The molecule has 2 amide bonds. The number of nitrogens with two attached hydrogens (primary N) is 2. The van der Waals surface area contributed by atoms with Gasteiger partial charge in [0.15, 0.2) is 0 Å². The molecule has 0 radical (unpaired) electrons. The lowest BCUT2D eigenvalue weighted by molar-refractivity contribution is -0.125. The van der Waals surface area contributed by atoms with Crippen LogP contribution in [-0.2, 0) is 9.59 Å². The fourth-order valence-corrected chi connectivity index (χ4v) is 2.27. The maximum Gasteiger partial charge on any atom is 0.237 e. The molecule has 17 heavy (non-hydrogen) atoms. The summed E-state index contributed by atoms with van der Waals surface area (Å²) in [6, 6.07) is 0. The highest BCUT2D eigenvalue weighted by atomic mass is 16.2. The van der Waals surface area contributed by atoms with Crippen LogP contribution in [0.3, 0.4) is 0 Å². The lowest BCUT2D eigenvalue weighted by atomic mass is 9.93. The normalized spacial score (nSPS) is 19.9. The monoisotopic (exact) mass is 242 g/mol. The Labute approximate surface area is 102 Å². The van der Waals surface area contributed by atoms with Gasteiger partial charge in [-0.1, -0.05) is 6.92 Å². The highest BCUT2D eigenvalue weighted by Crippen LogP contribution is 2.20. The Bertz CT molecular complexity index is 275. The highest BCUT2D eigenvalue weighted by Gasteiger charge is 2.23. The van der Waals surface area contributed by atoms with E-state index >= 15 is 0 Å². The van der Waals surface area contributed by atoms with Crippen LogP contribution in [0.5, 0.6) is 0 Å². The van der Waals surface area contributed by atoms with E-state index in [1.807, 2.05) is 6.92 Å². The first-order chi connectivity index (χ1) is 8.02. The number of primary amides is 1. The molecule has 98 valence electrons. The maximum absolute atomic E-state index is 11.3. The summed E-state index contributed by atoms with van der Waals surface area (Å²) in [4.78, 5) is 24.3. The van der Waals surface area contributed by atoms with E-state index in [9.17, 15) is 9.59 Å². The van der Waals surface area contributed by atoms with E-state index in [1.54, 1.807) is 0 Å². The first kappa shape index (κ1) is 13.9. The summed E-state index contributed by atoms with van der Waals surface area (Å²) in [6.45, 7) is 4.41. The third-order valence-corrected chi connectivity index (χ3v) is 3.32. The van der Waals surface area contributed by atoms with Gasteiger partial charge in [0.05, 0.1) is 0 Å². The van der Waals surface area contributed by atoms with Crippen molar-refractivity contribution in [3.05, 3.63) is 0 Å². The Kier molecular flexibility index (Phi) is 5.37. The van der Waals surface area contributed by atoms with Gasteiger partial charge in [-0.3, -0.25) is 15.0 Å². The van der Waals surface area contributed by atoms with Crippen LogP contribution in [0.15, 0.2) is 0 Å². The third-order valence-electron chi connectivity index (χ3n) is 3.32. The Morgan fingerprint density at radius 3 is 2.47 bits per heavy atom. The molecule has 0 aliphatic carbocycles. The number of hydrazine groups is 1. The van der Waals surface area contributed by atoms with Gasteiger partial charge in [0.1, 0.15) is 0 Å². The van der Waals surface area contributed by atoms with Crippen molar-refractivity contribution >= 4 is 11.8 Å². The Balaban J connectivity index is 2.27. The molecule has 1 fully saturated rings. The third kappa shape index (κ3) is 4.70. The molecule has 6 nitrogen and oxygen atoms in total. The second-order valence-corrected chi connectivity index (χ2v) is 4.82. The standard InChI is InChI=1S/C11H22N4O2/c1-8(11(17)14-13)7-15-4-2-9(3-5-15)6-10(12)16/h8-9H,2-7,13H2,1H3,(H2,12,16)(H,14,17). The minimum atomic E-state index is -0.223. The van der Waals surface area contributed by atoms with E-state index in [0.717, 1.165) is 25.9 Å². The summed E-state index contributed by atoms with van der Waals surface area (Å²) in [5.41, 5.74) is 7.34. The van der Waals surface area contributed by atoms with Gasteiger partial charge in [0, 0.05) is 18.9 Å². The molecule has 1 rings (SSSR count). The number of hydrogen-bond donors (Lipinski definition) is 3. The Morgan fingerprint density at radius 1 is 1.41 bits per heavy atom. The smallest absolute Gasteiger partial charge is 0.237 e. The first-order valence-electron chi connectivity index (χ1n) is 6.04. The van der Waals surface area contributed by atoms with E-state index in [2.05, 4.69) is 10.3 Å². The number of likely N-dealkylation sites (tertiary alicyclic amines) is 1. The quantitative estimate of drug-likeness (QED) is 0.334. The zero-order valence-electron chi connectivity index (χ0n) is 10.3. The van der Waals surface area contributed by atoms with Gasteiger partial charge in [-0.05, 0) is 31.8 Å². The van der Waals surface area contributed by atoms with Crippen LogP contribution in [0.25, 0.3) is 0 Å². The number of rotatable bonds is 5. The van der Waals surface area contributed by atoms with Crippen LogP contribution >= 0.6 is 0 Å². The van der Waals surface area contributed by atoms with Crippen molar-refractivity contribution in [2.75, 3.05) is 19.6 Å². The number of carbonyl (C=O) groups is 2. The predicted molar refractivity (Wildman–Crippen MR) is 64.5 cm³/mol. The van der Waals surface area contributed by atoms with Crippen molar-refractivity contribution in [2.24, 2.45) is 23.4 Å². The second kappa shape index (κ2) is 6.56. The molecule has 1 aliphatic heterocycles. The van der Waals surface area contributed by atoms with E-state index in [-0.39, 0.29) is 17.7 Å². The molecule has 1 aliphatic rings. The van der Waals surface area contributed by atoms with Crippen molar-refractivity contribution in [2.45, 2.75) is 26.2 Å². The largest absolute Gasteiger partial charge is 0.370 e. The van der Waals surface area contributed by atoms with E-state index in [1.165, 1.54) is 0 Å². The number of piperidine rings is 1. The van der Waals surface area contributed by atoms with Crippen LogP contribution in [0.2, 0.25) is 0 Å². The molecular weight excluding hydrogens is 220 g/mol. The molecular formula is C11H22N4O2. The van der Waals surface area contributed by atoms with Crippen LogP contribution in [0.1, 0.15) is 26.2 Å². The zero-order chi connectivity index (χ0) is 12.8. The lowest BCUT2D eigenvalue weighted by Crippen LogP contribution is -2.43. The van der Waals surface area contributed by atoms with E-state index in [4.69, 9.17) is 11.6 Å². The Hall–Kier alpha value is -1.14. The average Bonchev–Trinajstić information content (AvgIpc) is 2.30. The molecule has 0 aromatic rings. The molecule has 5 N–H and O–H groups in total. The molecule has 1 heterocycles. The van der Waals surface area contributed by atoms with Gasteiger partial charge in [0.2, 0.25) is 11.8 Å². The van der Waals surface area contributed by atoms with Crippen molar-refractivity contribution in [3.63, 3.8) is 0 Å². The summed E-state index contributed by atoms with van der Waals surface area (Å²) < 4.78 is 0. The first-order valence-corrected chi connectivity index (χ1v) is 6.04. The molecule has 6 heteroatoms. The van der Waals surface area contributed by atoms with Crippen LogP contribution < -0.4 is 17.0 Å². The minimum Gasteiger partial charge on any atom is -0.370 e. The molecule has 1 atom stereocenters. The molecule has 0 bridgehead atoms. The van der Waals surface area contributed by atoms with Crippen LogP contribution in [0.4, 0.5) is 0 Å². The van der Waals surface area contributed by atoms with Crippen molar-refractivity contribution in [3.8, 4) is 0 Å². The number of hydrogen-bond acceptors (Lipinski definition) is 4. The predicted octanol–water partition coefficient (Wildman–Crippen LogP) is -0.800. The van der Waals surface area contributed by atoms with Crippen molar-refractivity contribution in [1.29, 1.82) is 0 Å². The van der Waals surface area contributed by atoms with E-state index in [0.29, 0.717) is 18.9 Å². The number of amides is 2. The van der Waals surface area contributed by atoms with Crippen LogP contribution in [0, 0.1) is 11.8 Å². The molecule has 1 unspecified atom stereocenters. The highest BCUT2D eigenvalue weighted by molar-refractivity contribution is 5.77. The Morgan fingerprint density at radius 2 is 2.00 bits per heavy atom. The maximum atomic E-state index is 11.3. The topological polar surface area (TPSA) is 101 Å². The fraction of sp³-hybridized carbons (Fsp3) is 0.818. The van der Waals surface area contributed by atoms with Gasteiger partial charge in [0.25, 0.3) is 0 Å². The molecule has 0 aromatic heterocycles. The zero-order valence-corrected chi connectivity index (χ0v) is 10.3. The fourth-order valence-electron chi connectivity index (χ4n) is 2.27. The van der Waals surface area contributed by atoms with Gasteiger partial charge >= 0.3 is 0 Å². The average molecular weight is 242 g/mol. The summed E-state index contributed by atoms with van der Waals surface area (Å²) in [5.74, 6) is 5.03. The number of nitrogens with zero attached hydrogens (tertiary/aromatic N) is 1. The molecule has 0 aromatic carbocycles. The summed E-state index contributed by atoms with van der Waals surface area (Å²) in [7, 11) is 0. The van der Waals surface area contributed by atoms with Gasteiger partial charge in [-0.25, -0.2) is 5.84 Å². The summed E-state index contributed by atoms with van der Waals surface area (Å²) in [5, 5.41) is 0. The lowest BCUT2D eigenvalue weighted by Gasteiger charge is -2.32. The van der Waals surface area contributed by atoms with Crippen LogP contribution in [-0.4, -0.2) is 36.3 Å². The minimum absolute atomic E-state index is 0.104. The van der Waals surface area contributed by atoms with E-state index < -0.39 is 0 Å². The van der Waals surface area contributed by atoms with Crippen molar-refractivity contribution in [1.82, 2.24) is 10.3 Å². The SMILES string of the molecule is CC(CN1CCC(CC(N)=O)CC1)C(=O)NN. The van der Waals surface area contributed by atoms with Gasteiger partial charge in [-0.15, -0.1) is 0 Å². The molecule has 1 saturated heterocycles. The van der Waals surface area contributed by atoms with Gasteiger partial charge in [-0.2, -0.15) is 0 Å². The number of carbonyl (C=O) groups excluding carboxylic acids is 2. The number of nitrogens with one attached hydrogen (secondary N) is 1. The summed E-state index contributed by atoms with van der Waals surface area (Å²) >= 11 is 0. The second-order valence-electron chi connectivity index (χ2n) is 4.82. The summed E-state index contributed by atoms with van der Waals surface area (Å²) in [6.07, 6.45) is 2.42. The molecule has 0 spiro atoms. The van der Waals surface area contributed by atoms with Crippen molar-refractivity contribution < 1.29 is 9.59 Å². The molecule has 0 saturated carbocycles. The van der Waals surface area contributed by atoms with Gasteiger partial charge < -0.3 is 10.6 Å².